The lowest BCUT2D eigenvalue weighted by molar-refractivity contribution is 0.592. The van der Waals surface area contributed by atoms with Gasteiger partial charge >= 0.3 is 5.69 Å². The van der Waals surface area contributed by atoms with Gasteiger partial charge in [-0.3, -0.25) is 14.3 Å². The number of H-pyrrole nitrogens is 1. The number of hydrogen-bond donors (Lipinski definition) is 1. The molecule has 0 aliphatic rings. The minimum Gasteiger partial charge on any atom is -0.295 e. The average Bonchev–Trinajstić information content (AvgIpc) is 2.30. The molecule has 0 aliphatic heterocycles. The molecule has 1 aromatic carbocycles. The molecule has 94 valence electrons. The van der Waals surface area contributed by atoms with Crippen molar-refractivity contribution in [2.24, 2.45) is 0 Å². The predicted molar refractivity (Wildman–Crippen MR) is 74.6 cm³/mol. The third kappa shape index (κ3) is 2.81. The average molecular weight is 381 g/mol. The second-order valence-corrected chi connectivity index (χ2v) is 5.20. The highest BCUT2D eigenvalue weighted by Gasteiger charge is 2.07. The Kier molecular flexibility index (Phi) is 3.86. The third-order valence-corrected chi connectivity index (χ3v) is 3.32. The predicted octanol–water partition coefficient (Wildman–Crippen LogP) is 1.98. The van der Waals surface area contributed by atoms with E-state index < -0.39 is 17.1 Å². The van der Waals surface area contributed by atoms with E-state index >= 15 is 0 Å². The lowest BCUT2D eigenvalue weighted by Gasteiger charge is -2.07. The highest BCUT2D eigenvalue weighted by Crippen LogP contribution is 2.15. The number of halogens is 3. The quantitative estimate of drug-likeness (QED) is 0.810. The van der Waals surface area contributed by atoms with Gasteiger partial charge in [-0.05, 0) is 40.8 Å². The molecule has 0 amide bonds. The number of nitrogens with zero attached hydrogens (tertiary/aromatic N) is 1. The minimum absolute atomic E-state index is 0.0119. The highest BCUT2D eigenvalue weighted by atomic mass is 127. The molecule has 2 rings (SSSR count). The van der Waals surface area contributed by atoms with Gasteiger partial charge in [-0.25, -0.2) is 9.18 Å². The molecule has 18 heavy (non-hydrogen) atoms. The zero-order valence-electron chi connectivity index (χ0n) is 8.91. The highest BCUT2D eigenvalue weighted by molar-refractivity contribution is 14.1. The van der Waals surface area contributed by atoms with Crippen molar-refractivity contribution in [3.8, 4) is 0 Å². The van der Waals surface area contributed by atoms with Crippen LogP contribution >= 0.6 is 34.2 Å². The van der Waals surface area contributed by atoms with Crippen LogP contribution in [0.25, 0.3) is 0 Å². The Labute approximate surface area is 120 Å². The summed E-state index contributed by atoms with van der Waals surface area (Å²) in [5, 5.41) is 0.388. The van der Waals surface area contributed by atoms with E-state index in [0.717, 1.165) is 0 Å². The van der Waals surface area contributed by atoms with Crippen molar-refractivity contribution in [1.29, 1.82) is 0 Å². The summed E-state index contributed by atoms with van der Waals surface area (Å²) in [6.07, 6.45) is 1.38. The molecule has 0 saturated carbocycles. The molecule has 1 N–H and O–H groups in total. The fourth-order valence-electron chi connectivity index (χ4n) is 1.45. The molecule has 0 radical (unpaired) electrons. The Morgan fingerprint density at radius 2 is 2.11 bits per heavy atom. The number of rotatable bonds is 2. The molecule has 1 aromatic heterocycles. The Morgan fingerprint density at radius 1 is 1.39 bits per heavy atom. The third-order valence-electron chi connectivity index (χ3n) is 2.32. The standard InChI is InChI=1S/C11H7ClFIN2O2/c12-7-1-2-8(13)6(3-7)4-16-5-9(14)10(17)15-11(16)18/h1-3,5H,4H2,(H,15,17,18). The van der Waals surface area contributed by atoms with Crippen LogP contribution in [0, 0.1) is 9.39 Å². The largest absolute Gasteiger partial charge is 0.328 e. The number of hydrogen-bond acceptors (Lipinski definition) is 2. The van der Waals surface area contributed by atoms with Crippen LogP contribution in [0.1, 0.15) is 5.56 Å². The molecule has 0 spiro atoms. The van der Waals surface area contributed by atoms with Gasteiger partial charge in [0.15, 0.2) is 0 Å². The zero-order valence-corrected chi connectivity index (χ0v) is 11.8. The van der Waals surface area contributed by atoms with Crippen LogP contribution in [0.5, 0.6) is 0 Å². The van der Waals surface area contributed by atoms with Gasteiger partial charge in [0.1, 0.15) is 5.82 Å². The second-order valence-electron chi connectivity index (χ2n) is 3.60. The summed E-state index contributed by atoms with van der Waals surface area (Å²) in [4.78, 5) is 24.9. The van der Waals surface area contributed by atoms with Crippen LogP contribution in [0.2, 0.25) is 5.02 Å². The van der Waals surface area contributed by atoms with Crippen molar-refractivity contribution >= 4 is 34.2 Å². The van der Waals surface area contributed by atoms with Crippen molar-refractivity contribution in [3.05, 3.63) is 65.2 Å². The van der Waals surface area contributed by atoms with Gasteiger partial charge in [0, 0.05) is 16.8 Å². The number of aromatic amines is 1. The van der Waals surface area contributed by atoms with E-state index in [0.29, 0.717) is 8.59 Å². The van der Waals surface area contributed by atoms with Crippen LogP contribution in [0.4, 0.5) is 4.39 Å². The first-order chi connectivity index (χ1) is 8.47. The summed E-state index contributed by atoms with van der Waals surface area (Å²) >= 11 is 7.57. The maximum absolute atomic E-state index is 13.5. The van der Waals surface area contributed by atoms with Crippen LogP contribution < -0.4 is 11.2 Å². The normalized spacial score (nSPS) is 10.6. The SMILES string of the molecule is O=c1[nH]c(=O)n(Cc2cc(Cl)ccc2F)cc1I. The first-order valence-corrected chi connectivity index (χ1v) is 6.36. The van der Waals surface area contributed by atoms with Gasteiger partial charge in [0.2, 0.25) is 0 Å². The fourth-order valence-corrected chi connectivity index (χ4v) is 2.11. The van der Waals surface area contributed by atoms with E-state index in [2.05, 4.69) is 4.98 Å². The van der Waals surface area contributed by atoms with Crippen LogP contribution in [0.15, 0.2) is 34.0 Å². The Bertz CT molecular complexity index is 711. The van der Waals surface area contributed by atoms with Gasteiger partial charge in [-0.2, -0.15) is 0 Å². The summed E-state index contributed by atoms with van der Waals surface area (Å²) in [5.41, 5.74) is -0.754. The molecule has 0 bridgehead atoms. The topological polar surface area (TPSA) is 54.9 Å². The smallest absolute Gasteiger partial charge is 0.295 e. The Morgan fingerprint density at radius 3 is 2.83 bits per heavy atom. The maximum atomic E-state index is 13.5. The van der Waals surface area contributed by atoms with E-state index in [1.807, 2.05) is 0 Å². The molecular formula is C11H7ClFIN2O2. The zero-order chi connectivity index (χ0) is 13.3. The van der Waals surface area contributed by atoms with Gasteiger partial charge in [0.05, 0.1) is 10.1 Å². The molecule has 0 saturated heterocycles. The van der Waals surface area contributed by atoms with Gasteiger partial charge in [-0.1, -0.05) is 11.6 Å². The molecule has 7 heteroatoms. The first-order valence-electron chi connectivity index (χ1n) is 4.90. The summed E-state index contributed by atoms with van der Waals surface area (Å²) < 4.78 is 15.1. The first kappa shape index (κ1) is 13.3. The maximum Gasteiger partial charge on any atom is 0.328 e. The van der Waals surface area contributed by atoms with E-state index in [-0.39, 0.29) is 12.1 Å². The molecular weight excluding hydrogens is 373 g/mol. The van der Waals surface area contributed by atoms with Gasteiger partial charge in [0.25, 0.3) is 5.56 Å². The van der Waals surface area contributed by atoms with Crippen LogP contribution in [-0.4, -0.2) is 9.55 Å². The monoisotopic (exact) mass is 380 g/mol. The fraction of sp³-hybridized carbons (Fsp3) is 0.0909. The van der Waals surface area contributed by atoms with E-state index in [1.54, 1.807) is 22.6 Å². The molecule has 2 aromatic rings. The van der Waals surface area contributed by atoms with E-state index in [4.69, 9.17) is 11.6 Å². The number of nitrogens with one attached hydrogen (secondary N) is 1. The lowest BCUT2D eigenvalue weighted by atomic mass is 10.2. The Balaban J connectivity index is 2.46. The van der Waals surface area contributed by atoms with Crippen molar-refractivity contribution in [2.75, 3.05) is 0 Å². The summed E-state index contributed by atoms with van der Waals surface area (Å²) in [7, 11) is 0. The van der Waals surface area contributed by atoms with Crippen LogP contribution in [0.3, 0.4) is 0 Å². The van der Waals surface area contributed by atoms with Crippen molar-refractivity contribution in [2.45, 2.75) is 6.54 Å². The Hall–Kier alpha value is -1.15. The van der Waals surface area contributed by atoms with Gasteiger partial charge in [-0.15, -0.1) is 0 Å². The van der Waals surface area contributed by atoms with E-state index in [9.17, 15) is 14.0 Å². The van der Waals surface area contributed by atoms with Crippen LogP contribution in [-0.2, 0) is 6.54 Å². The summed E-state index contributed by atoms with van der Waals surface area (Å²) in [5.74, 6) is -0.451. The molecule has 4 nitrogen and oxygen atoms in total. The molecule has 0 unspecified atom stereocenters. The number of aromatic nitrogens is 2. The van der Waals surface area contributed by atoms with Crippen molar-refractivity contribution in [3.63, 3.8) is 0 Å². The van der Waals surface area contributed by atoms with Crippen molar-refractivity contribution in [1.82, 2.24) is 9.55 Å². The molecule has 0 aliphatic carbocycles. The van der Waals surface area contributed by atoms with E-state index in [1.165, 1.54) is 29.0 Å². The summed E-state index contributed by atoms with van der Waals surface area (Å²) in [6, 6.07) is 4.11. The summed E-state index contributed by atoms with van der Waals surface area (Å²) in [6.45, 7) is 0.0119. The molecule has 0 fully saturated rings. The number of benzene rings is 1. The van der Waals surface area contributed by atoms with Gasteiger partial charge < -0.3 is 0 Å². The molecule has 0 atom stereocenters. The molecule has 1 heterocycles. The van der Waals surface area contributed by atoms with Crippen molar-refractivity contribution < 1.29 is 4.39 Å². The second kappa shape index (κ2) is 5.23. The minimum atomic E-state index is -0.584. The lowest BCUT2D eigenvalue weighted by Crippen LogP contribution is -2.31.